The van der Waals surface area contributed by atoms with Crippen LogP contribution in [0.1, 0.15) is 49.4 Å². The average molecular weight is 697 g/mol. The van der Waals surface area contributed by atoms with Crippen molar-refractivity contribution >= 4 is 34.9 Å². The molecular weight excluding hydrogens is 658 g/mol. The zero-order valence-corrected chi connectivity index (χ0v) is 27.8. The summed E-state index contributed by atoms with van der Waals surface area (Å²) >= 11 is 1.63. The fraction of sp³-hybridized carbons (Fsp3) is 0.485. The van der Waals surface area contributed by atoms with Crippen molar-refractivity contribution in [1.82, 2.24) is 34.6 Å². The number of fused-ring (bicyclic) bond motifs is 1. The predicted molar refractivity (Wildman–Crippen MR) is 177 cm³/mol. The van der Waals surface area contributed by atoms with Gasteiger partial charge in [-0.25, -0.2) is 9.50 Å². The molecule has 260 valence electrons. The molecule has 4 aromatic rings. The quantitative estimate of drug-likeness (QED) is 0.232. The van der Waals surface area contributed by atoms with Crippen LogP contribution in [0.2, 0.25) is 0 Å². The van der Waals surface area contributed by atoms with Crippen molar-refractivity contribution < 1.29 is 32.6 Å². The van der Waals surface area contributed by atoms with Crippen LogP contribution in [0, 0.1) is 0 Å². The molecule has 16 heteroatoms. The maximum atomic E-state index is 13.8. The van der Waals surface area contributed by atoms with Gasteiger partial charge in [0.2, 0.25) is 5.91 Å². The van der Waals surface area contributed by atoms with Gasteiger partial charge in [0.25, 0.3) is 5.91 Å². The minimum atomic E-state index is -3.09. The number of piperidine rings is 1. The second kappa shape index (κ2) is 14.8. The summed E-state index contributed by atoms with van der Waals surface area (Å²) in [5, 5.41) is 15.7. The molecule has 2 amide bonds. The van der Waals surface area contributed by atoms with Gasteiger partial charge in [-0.3, -0.25) is 19.6 Å². The average Bonchev–Trinajstić information content (AvgIpc) is 3.71. The van der Waals surface area contributed by atoms with Crippen LogP contribution in [-0.4, -0.2) is 97.6 Å². The predicted octanol–water partition coefficient (Wildman–Crippen LogP) is 4.43. The normalized spacial score (nSPS) is 21.6. The highest BCUT2D eigenvalue weighted by atomic mass is 32.2. The largest absolute Gasteiger partial charge is 0.434 e. The monoisotopic (exact) mass is 696 g/mol. The Hall–Kier alpha value is -4.12. The number of nitrogens with zero attached hydrogens (tertiary/aromatic N) is 6. The van der Waals surface area contributed by atoms with E-state index in [0.29, 0.717) is 37.3 Å². The summed E-state index contributed by atoms with van der Waals surface area (Å²) in [5.74, 6) is -0.785. The Balaban J connectivity index is 1.22. The van der Waals surface area contributed by atoms with Crippen molar-refractivity contribution in [2.75, 3.05) is 31.7 Å². The Bertz CT molecular complexity index is 1800. The molecule has 3 unspecified atom stereocenters. The highest BCUT2D eigenvalue weighted by molar-refractivity contribution is 8.00. The SMILES string of the molecule is CC1OCC1NC1CCCCN1C(=O)Cn1cc(NC(=O)c2cnn3cccnc23)c(-c2cc(SC3CCOCC3)ccc2OC(F)F)n1. The highest BCUT2D eigenvalue weighted by Gasteiger charge is 2.35. The molecule has 0 saturated carbocycles. The van der Waals surface area contributed by atoms with Gasteiger partial charge in [-0.2, -0.15) is 19.0 Å². The molecular formula is C33H38F2N8O5S. The number of carbonyl (C=O) groups is 2. The molecule has 6 heterocycles. The third-order valence-electron chi connectivity index (χ3n) is 9.06. The lowest BCUT2D eigenvalue weighted by Gasteiger charge is -2.43. The van der Waals surface area contributed by atoms with Gasteiger partial charge in [-0.15, -0.1) is 11.8 Å². The number of thioether (sulfide) groups is 1. The van der Waals surface area contributed by atoms with Gasteiger partial charge in [-0.1, -0.05) is 0 Å². The Morgan fingerprint density at radius 2 is 2.04 bits per heavy atom. The van der Waals surface area contributed by atoms with Crippen molar-refractivity contribution in [3.05, 3.63) is 54.6 Å². The van der Waals surface area contributed by atoms with Crippen LogP contribution in [0.25, 0.3) is 16.9 Å². The second-order valence-electron chi connectivity index (χ2n) is 12.4. The molecule has 49 heavy (non-hydrogen) atoms. The lowest BCUT2D eigenvalue weighted by molar-refractivity contribution is -0.140. The lowest BCUT2D eigenvalue weighted by atomic mass is 10.0. The number of alkyl halides is 2. The van der Waals surface area contributed by atoms with E-state index >= 15 is 0 Å². The second-order valence-corrected chi connectivity index (χ2v) is 13.7. The first kappa shape index (κ1) is 33.4. The number of rotatable bonds is 11. The van der Waals surface area contributed by atoms with Gasteiger partial charge in [0.15, 0.2) is 5.65 Å². The number of amides is 2. The van der Waals surface area contributed by atoms with Gasteiger partial charge in [0.1, 0.15) is 23.6 Å². The van der Waals surface area contributed by atoms with Gasteiger partial charge >= 0.3 is 6.61 Å². The van der Waals surface area contributed by atoms with Gasteiger partial charge < -0.3 is 24.4 Å². The zero-order chi connectivity index (χ0) is 33.9. The maximum absolute atomic E-state index is 13.8. The van der Waals surface area contributed by atoms with Crippen LogP contribution < -0.4 is 15.4 Å². The van der Waals surface area contributed by atoms with E-state index in [4.69, 9.17) is 19.3 Å². The number of carbonyl (C=O) groups excluding carboxylic acids is 2. The van der Waals surface area contributed by atoms with E-state index in [1.165, 1.54) is 21.5 Å². The number of aromatic nitrogens is 5. The van der Waals surface area contributed by atoms with Gasteiger partial charge in [-0.05, 0) is 63.3 Å². The molecule has 0 aliphatic carbocycles. The van der Waals surface area contributed by atoms with Crippen LogP contribution in [0.15, 0.2) is 53.9 Å². The Morgan fingerprint density at radius 1 is 1.18 bits per heavy atom. The number of ether oxygens (including phenoxy) is 3. The Labute approximate surface area is 285 Å². The standard InChI is InChI=1S/C33H38F2N8O5S/c1-20-26(19-47-20)38-28-5-2-3-11-42(28)29(44)18-41-17-25(39-32(45)24-16-37-43-12-4-10-36-31(24)43)30(40-41)23-15-22(6-7-27(23)48-33(34)35)49-21-8-13-46-14-9-21/h4,6-7,10,12,15-17,20-21,26,28,33,38H,2-3,5,8-9,11,13-14,18-19H2,1H3,(H,39,45). The summed E-state index contributed by atoms with van der Waals surface area (Å²) in [6.45, 7) is 1.29. The maximum Gasteiger partial charge on any atom is 0.387 e. The van der Waals surface area contributed by atoms with Crippen LogP contribution in [0.5, 0.6) is 5.75 Å². The molecule has 3 fully saturated rings. The van der Waals surface area contributed by atoms with Crippen LogP contribution in [0.3, 0.4) is 0 Å². The molecule has 7 rings (SSSR count). The summed E-state index contributed by atoms with van der Waals surface area (Å²) < 4.78 is 46.2. The number of anilines is 1. The van der Waals surface area contributed by atoms with Gasteiger partial charge in [0.05, 0.1) is 36.8 Å². The summed E-state index contributed by atoms with van der Waals surface area (Å²) in [7, 11) is 0. The van der Waals surface area contributed by atoms with Crippen LogP contribution >= 0.6 is 11.8 Å². The molecule has 13 nitrogen and oxygen atoms in total. The Kier molecular flexibility index (Phi) is 10.1. The van der Waals surface area contributed by atoms with Crippen molar-refractivity contribution in [2.45, 2.75) is 80.6 Å². The van der Waals surface area contributed by atoms with E-state index in [2.05, 4.69) is 20.7 Å². The first-order valence-electron chi connectivity index (χ1n) is 16.5. The molecule has 0 bridgehead atoms. The zero-order valence-electron chi connectivity index (χ0n) is 27.0. The smallest absolute Gasteiger partial charge is 0.387 e. The first-order chi connectivity index (χ1) is 23.8. The first-order valence-corrected chi connectivity index (χ1v) is 17.4. The van der Waals surface area contributed by atoms with E-state index in [1.807, 2.05) is 11.8 Å². The molecule has 2 N–H and O–H groups in total. The van der Waals surface area contributed by atoms with E-state index in [-0.39, 0.29) is 59.0 Å². The third-order valence-corrected chi connectivity index (χ3v) is 10.4. The topological polar surface area (TPSA) is 137 Å². The molecule has 3 saturated heterocycles. The number of hydrogen-bond acceptors (Lipinski definition) is 10. The number of hydrogen-bond donors (Lipinski definition) is 2. The fourth-order valence-electron chi connectivity index (χ4n) is 6.37. The number of benzene rings is 1. The number of nitrogens with one attached hydrogen (secondary N) is 2. The van der Waals surface area contributed by atoms with Gasteiger partial charge in [0, 0.05) is 54.1 Å². The number of likely N-dealkylation sites (tertiary alicyclic amines) is 1. The molecule has 3 aliphatic rings. The van der Waals surface area contributed by atoms with Crippen molar-refractivity contribution in [2.24, 2.45) is 0 Å². The Morgan fingerprint density at radius 3 is 2.82 bits per heavy atom. The van der Waals surface area contributed by atoms with Crippen molar-refractivity contribution in [1.29, 1.82) is 0 Å². The lowest BCUT2D eigenvalue weighted by Crippen LogP contribution is -2.62. The summed E-state index contributed by atoms with van der Waals surface area (Å²) in [5.41, 5.74) is 1.21. The molecule has 3 atom stereocenters. The third kappa shape index (κ3) is 7.56. The molecule has 3 aliphatic heterocycles. The van der Waals surface area contributed by atoms with E-state index < -0.39 is 12.5 Å². The molecule has 3 aromatic heterocycles. The molecule has 1 aromatic carbocycles. The molecule has 0 spiro atoms. The van der Waals surface area contributed by atoms with E-state index in [0.717, 1.165) is 37.0 Å². The fourth-order valence-corrected chi connectivity index (χ4v) is 7.52. The summed E-state index contributed by atoms with van der Waals surface area (Å²) in [6.07, 6.45) is 10.5. The summed E-state index contributed by atoms with van der Waals surface area (Å²) in [6, 6.07) is 6.83. The molecule has 0 radical (unpaired) electrons. The van der Waals surface area contributed by atoms with Crippen molar-refractivity contribution in [3.63, 3.8) is 0 Å². The minimum Gasteiger partial charge on any atom is -0.434 e. The van der Waals surface area contributed by atoms with Crippen LogP contribution in [-0.2, 0) is 20.8 Å². The highest BCUT2D eigenvalue weighted by Crippen LogP contribution is 2.40. The minimum absolute atomic E-state index is 0.0760. The van der Waals surface area contributed by atoms with E-state index in [1.54, 1.807) is 48.6 Å². The summed E-state index contributed by atoms with van der Waals surface area (Å²) in [4.78, 5) is 34.4. The van der Waals surface area contributed by atoms with E-state index in [9.17, 15) is 18.4 Å². The number of halogens is 2. The van der Waals surface area contributed by atoms with Crippen molar-refractivity contribution in [3.8, 4) is 17.0 Å². The van der Waals surface area contributed by atoms with Crippen LogP contribution in [0.4, 0.5) is 14.5 Å².